The molecule has 0 aromatic heterocycles. The zero-order chi connectivity index (χ0) is 17.4. The summed E-state index contributed by atoms with van der Waals surface area (Å²) < 4.78 is 0. The zero-order valence-corrected chi connectivity index (χ0v) is 14.7. The first-order chi connectivity index (χ1) is 11.5. The van der Waals surface area contributed by atoms with Crippen LogP contribution < -0.4 is 10.6 Å². The molecule has 0 saturated heterocycles. The predicted molar refractivity (Wildman–Crippen MR) is 100 cm³/mol. The van der Waals surface area contributed by atoms with Gasteiger partial charge in [0.2, 0.25) is 11.8 Å². The smallest absolute Gasteiger partial charge is 0.234 e. The molecule has 0 aliphatic rings. The van der Waals surface area contributed by atoms with Crippen molar-refractivity contribution in [3.05, 3.63) is 65.7 Å². The van der Waals surface area contributed by atoms with E-state index >= 15 is 0 Å². The van der Waals surface area contributed by atoms with Crippen molar-refractivity contribution >= 4 is 29.3 Å². The summed E-state index contributed by atoms with van der Waals surface area (Å²) in [5.74, 6) is 0.0758. The molecule has 0 fully saturated rings. The molecule has 0 bridgehead atoms. The van der Waals surface area contributed by atoms with Crippen molar-refractivity contribution in [3.8, 4) is 0 Å². The molecular weight excluding hydrogens is 320 g/mol. The molecule has 0 spiro atoms. The van der Waals surface area contributed by atoms with E-state index in [0.29, 0.717) is 6.54 Å². The Morgan fingerprint density at radius 2 is 1.71 bits per heavy atom. The molecule has 2 amide bonds. The second kappa shape index (κ2) is 9.13. The molecule has 0 heterocycles. The number of carbonyl (C=O) groups excluding carboxylic acids is 2. The monoisotopic (exact) mass is 342 g/mol. The Hall–Kier alpha value is -2.27. The van der Waals surface area contributed by atoms with E-state index in [2.05, 4.69) is 10.6 Å². The average Bonchev–Trinajstić information content (AvgIpc) is 2.60. The van der Waals surface area contributed by atoms with Crippen LogP contribution in [0.15, 0.2) is 54.6 Å². The molecule has 0 aliphatic carbocycles. The summed E-state index contributed by atoms with van der Waals surface area (Å²) in [5.41, 5.74) is 2.97. The van der Waals surface area contributed by atoms with Gasteiger partial charge >= 0.3 is 0 Å². The fraction of sp³-hybridized carbons (Fsp3) is 0.263. The Balaban J connectivity index is 1.71. The van der Waals surface area contributed by atoms with Crippen LogP contribution >= 0.6 is 11.8 Å². The zero-order valence-electron chi connectivity index (χ0n) is 13.9. The van der Waals surface area contributed by atoms with E-state index in [-0.39, 0.29) is 22.8 Å². The lowest BCUT2D eigenvalue weighted by Crippen LogP contribution is -2.31. The van der Waals surface area contributed by atoms with Crippen LogP contribution in [0.3, 0.4) is 0 Å². The Bertz CT molecular complexity index is 672. The Morgan fingerprint density at radius 1 is 1.04 bits per heavy atom. The summed E-state index contributed by atoms with van der Waals surface area (Å²) in [6.07, 6.45) is 0. The van der Waals surface area contributed by atoms with Crippen LogP contribution in [0.2, 0.25) is 0 Å². The second-order valence-corrected chi connectivity index (χ2v) is 6.90. The average molecular weight is 342 g/mol. The highest BCUT2D eigenvalue weighted by molar-refractivity contribution is 8.01. The Labute approximate surface area is 147 Å². The molecule has 0 aliphatic heterocycles. The van der Waals surface area contributed by atoms with E-state index in [1.54, 1.807) is 0 Å². The van der Waals surface area contributed by atoms with Gasteiger partial charge in [-0.2, -0.15) is 0 Å². The van der Waals surface area contributed by atoms with Gasteiger partial charge in [0.05, 0.1) is 11.0 Å². The molecule has 24 heavy (non-hydrogen) atoms. The summed E-state index contributed by atoms with van der Waals surface area (Å²) in [7, 11) is 0. The van der Waals surface area contributed by atoms with Crippen LogP contribution in [0.1, 0.15) is 18.1 Å². The molecule has 1 atom stereocenters. The predicted octanol–water partition coefficient (Wildman–Crippen LogP) is 3.37. The maximum absolute atomic E-state index is 12.1. The number of benzene rings is 2. The minimum Gasteiger partial charge on any atom is -0.351 e. The van der Waals surface area contributed by atoms with Crippen molar-refractivity contribution in [1.29, 1.82) is 0 Å². The third-order valence-corrected chi connectivity index (χ3v) is 4.62. The normalized spacial score (nSPS) is 11.6. The van der Waals surface area contributed by atoms with Crippen molar-refractivity contribution in [2.24, 2.45) is 0 Å². The number of anilines is 1. The first-order valence-electron chi connectivity index (χ1n) is 7.84. The van der Waals surface area contributed by atoms with Crippen LogP contribution in [0.4, 0.5) is 5.69 Å². The number of rotatable bonds is 7. The van der Waals surface area contributed by atoms with Crippen molar-refractivity contribution < 1.29 is 9.59 Å². The third-order valence-electron chi connectivity index (χ3n) is 3.48. The lowest BCUT2D eigenvalue weighted by molar-refractivity contribution is -0.120. The summed E-state index contributed by atoms with van der Waals surface area (Å²) in [5, 5.41) is 5.44. The number of hydrogen-bond acceptors (Lipinski definition) is 3. The Kier molecular flexibility index (Phi) is 6.88. The summed E-state index contributed by atoms with van der Waals surface area (Å²) >= 11 is 1.33. The van der Waals surface area contributed by atoms with E-state index in [0.717, 1.165) is 16.8 Å². The number of aryl methyl sites for hydroxylation is 1. The number of hydrogen-bond donors (Lipinski definition) is 2. The number of nitrogens with one attached hydrogen (secondary N) is 2. The second-order valence-electron chi connectivity index (χ2n) is 5.57. The van der Waals surface area contributed by atoms with Crippen molar-refractivity contribution in [1.82, 2.24) is 5.32 Å². The molecule has 2 aromatic carbocycles. The topological polar surface area (TPSA) is 58.2 Å². The van der Waals surface area contributed by atoms with Crippen LogP contribution in [0.25, 0.3) is 0 Å². The van der Waals surface area contributed by atoms with E-state index in [1.165, 1.54) is 11.8 Å². The minimum atomic E-state index is -0.280. The van der Waals surface area contributed by atoms with Gasteiger partial charge in [0.1, 0.15) is 0 Å². The summed E-state index contributed by atoms with van der Waals surface area (Å²) in [6.45, 7) is 4.31. The summed E-state index contributed by atoms with van der Waals surface area (Å²) in [4.78, 5) is 24.0. The van der Waals surface area contributed by atoms with Crippen molar-refractivity contribution in [3.63, 3.8) is 0 Å². The van der Waals surface area contributed by atoms with Gasteiger partial charge in [0.25, 0.3) is 0 Å². The molecule has 126 valence electrons. The first-order valence-corrected chi connectivity index (χ1v) is 8.89. The fourth-order valence-corrected chi connectivity index (χ4v) is 2.75. The van der Waals surface area contributed by atoms with E-state index in [9.17, 15) is 9.59 Å². The van der Waals surface area contributed by atoms with Gasteiger partial charge in [-0.25, -0.2) is 0 Å². The quantitative estimate of drug-likeness (QED) is 0.811. The molecule has 1 unspecified atom stereocenters. The van der Waals surface area contributed by atoms with Gasteiger partial charge in [-0.1, -0.05) is 48.0 Å². The van der Waals surface area contributed by atoms with Gasteiger partial charge in [-0.15, -0.1) is 11.8 Å². The highest BCUT2D eigenvalue weighted by Gasteiger charge is 2.15. The largest absolute Gasteiger partial charge is 0.351 e. The number of carbonyl (C=O) groups is 2. The number of amides is 2. The number of thioether (sulfide) groups is 1. The van der Waals surface area contributed by atoms with Crippen LogP contribution in [0, 0.1) is 6.92 Å². The standard InChI is InChI=1S/C19H22N2O2S/c1-14-8-10-17(11-9-14)21-18(22)13-24-15(2)19(23)20-12-16-6-4-3-5-7-16/h3-11,15H,12-13H2,1-2H3,(H,20,23)(H,21,22). The SMILES string of the molecule is Cc1ccc(NC(=O)CSC(C)C(=O)NCc2ccccc2)cc1. The lowest BCUT2D eigenvalue weighted by atomic mass is 10.2. The van der Waals surface area contributed by atoms with Crippen molar-refractivity contribution in [2.75, 3.05) is 11.1 Å². The van der Waals surface area contributed by atoms with Gasteiger partial charge < -0.3 is 10.6 Å². The van der Waals surface area contributed by atoms with Gasteiger partial charge in [-0.3, -0.25) is 9.59 Å². The molecule has 2 aromatic rings. The van der Waals surface area contributed by atoms with Gasteiger partial charge in [0, 0.05) is 12.2 Å². The molecule has 2 N–H and O–H groups in total. The van der Waals surface area contributed by atoms with Crippen LogP contribution in [-0.4, -0.2) is 22.8 Å². The Morgan fingerprint density at radius 3 is 2.38 bits per heavy atom. The highest BCUT2D eigenvalue weighted by Crippen LogP contribution is 2.13. The van der Waals surface area contributed by atoms with Gasteiger partial charge in [0.15, 0.2) is 0 Å². The van der Waals surface area contributed by atoms with Crippen molar-refractivity contribution in [2.45, 2.75) is 25.6 Å². The van der Waals surface area contributed by atoms with E-state index in [4.69, 9.17) is 0 Å². The third kappa shape index (κ3) is 6.08. The van der Waals surface area contributed by atoms with Crippen LogP contribution in [0.5, 0.6) is 0 Å². The van der Waals surface area contributed by atoms with Gasteiger partial charge in [-0.05, 0) is 31.5 Å². The molecule has 5 heteroatoms. The molecule has 0 saturated carbocycles. The fourth-order valence-electron chi connectivity index (χ4n) is 2.04. The summed E-state index contributed by atoms with van der Waals surface area (Å²) in [6, 6.07) is 17.4. The molecule has 2 rings (SSSR count). The minimum absolute atomic E-state index is 0.0630. The maximum Gasteiger partial charge on any atom is 0.234 e. The molecule has 0 radical (unpaired) electrons. The molecule has 4 nitrogen and oxygen atoms in total. The van der Waals surface area contributed by atoms with E-state index in [1.807, 2.05) is 68.4 Å². The highest BCUT2D eigenvalue weighted by atomic mass is 32.2. The lowest BCUT2D eigenvalue weighted by Gasteiger charge is -2.12. The molecular formula is C19H22N2O2S. The maximum atomic E-state index is 12.1. The van der Waals surface area contributed by atoms with Crippen LogP contribution in [-0.2, 0) is 16.1 Å². The van der Waals surface area contributed by atoms with E-state index < -0.39 is 0 Å². The first kappa shape index (κ1) is 18.1.